The average Bonchev–Trinajstić information content (AvgIpc) is 2.65. The molecule has 1 unspecified atom stereocenters. The number of nitriles is 1. The molecule has 2 nitrogen and oxygen atoms in total. The molecule has 2 heteroatoms. The molecule has 0 aromatic heterocycles. The van der Waals surface area contributed by atoms with Gasteiger partial charge < -0.3 is 4.90 Å². The van der Waals surface area contributed by atoms with Gasteiger partial charge in [0.05, 0.1) is 6.07 Å². The topological polar surface area (TPSA) is 27.0 Å². The molecule has 0 saturated heterocycles. The van der Waals surface area contributed by atoms with Crippen molar-refractivity contribution in [2.45, 2.75) is 26.2 Å². The van der Waals surface area contributed by atoms with E-state index in [2.05, 4.69) is 67.3 Å². The maximum atomic E-state index is 8.77. The summed E-state index contributed by atoms with van der Waals surface area (Å²) in [7, 11) is 4.07. The van der Waals surface area contributed by atoms with Gasteiger partial charge in [-0.3, -0.25) is 0 Å². The van der Waals surface area contributed by atoms with Gasteiger partial charge in [-0.2, -0.15) is 5.26 Å². The third-order valence-electron chi connectivity index (χ3n) is 4.53. The first kappa shape index (κ1) is 18.5. The summed E-state index contributed by atoms with van der Waals surface area (Å²) in [6, 6.07) is 19.3. The van der Waals surface area contributed by atoms with E-state index < -0.39 is 0 Å². The molecular formula is C23H26N2. The van der Waals surface area contributed by atoms with Gasteiger partial charge in [0, 0.05) is 25.9 Å². The van der Waals surface area contributed by atoms with Gasteiger partial charge in [-0.05, 0) is 46.7 Å². The van der Waals surface area contributed by atoms with E-state index in [0.717, 1.165) is 23.1 Å². The van der Waals surface area contributed by atoms with E-state index in [-0.39, 0.29) is 0 Å². The maximum absolute atomic E-state index is 8.77. The van der Waals surface area contributed by atoms with Crippen molar-refractivity contribution in [3.05, 3.63) is 83.4 Å². The molecule has 25 heavy (non-hydrogen) atoms. The summed E-state index contributed by atoms with van der Waals surface area (Å²) >= 11 is 0. The van der Waals surface area contributed by atoms with Crippen molar-refractivity contribution in [3.8, 4) is 6.07 Å². The second kappa shape index (κ2) is 8.89. The van der Waals surface area contributed by atoms with Gasteiger partial charge in [-0.15, -0.1) is 0 Å². The van der Waals surface area contributed by atoms with Crippen LogP contribution in [0.4, 0.5) is 5.69 Å². The Kier molecular flexibility index (Phi) is 6.60. The van der Waals surface area contributed by atoms with E-state index >= 15 is 0 Å². The van der Waals surface area contributed by atoms with Crippen LogP contribution in [0.25, 0.3) is 5.57 Å². The number of rotatable bonds is 6. The number of nitrogens with zero attached hydrogens (tertiary/aromatic N) is 2. The Labute approximate surface area is 151 Å². The Morgan fingerprint density at radius 1 is 1.04 bits per heavy atom. The molecule has 0 aliphatic carbocycles. The number of anilines is 1. The lowest BCUT2D eigenvalue weighted by molar-refractivity contribution is 0.733. The van der Waals surface area contributed by atoms with Crippen molar-refractivity contribution in [1.29, 1.82) is 5.26 Å². The van der Waals surface area contributed by atoms with Crippen LogP contribution in [0, 0.1) is 11.3 Å². The molecule has 0 heterocycles. The molecule has 2 aromatic carbocycles. The lowest BCUT2D eigenvalue weighted by Gasteiger charge is -2.15. The fraction of sp³-hybridized carbons (Fsp3) is 0.261. The van der Waals surface area contributed by atoms with Crippen LogP contribution in [0.5, 0.6) is 0 Å². The van der Waals surface area contributed by atoms with Crippen molar-refractivity contribution < 1.29 is 0 Å². The van der Waals surface area contributed by atoms with Crippen LogP contribution in [-0.4, -0.2) is 14.1 Å². The van der Waals surface area contributed by atoms with Gasteiger partial charge in [0.2, 0.25) is 0 Å². The molecule has 0 aliphatic rings. The third kappa shape index (κ3) is 4.84. The number of allylic oxidation sites excluding steroid dienone is 3. The van der Waals surface area contributed by atoms with Crippen LogP contribution in [0.2, 0.25) is 0 Å². The van der Waals surface area contributed by atoms with Crippen molar-refractivity contribution in [3.63, 3.8) is 0 Å². The van der Waals surface area contributed by atoms with Gasteiger partial charge in [0.15, 0.2) is 0 Å². The molecule has 0 radical (unpaired) electrons. The lowest BCUT2D eigenvalue weighted by Crippen LogP contribution is -2.08. The first-order valence-corrected chi connectivity index (χ1v) is 8.71. The first-order chi connectivity index (χ1) is 12.1. The third-order valence-corrected chi connectivity index (χ3v) is 4.53. The average molecular weight is 330 g/mol. The van der Waals surface area contributed by atoms with E-state index in [1.54, 1.807) is 6.08 Å². The predicted molar refractivity (Wildman–Crippen MR) is 108 cm³/mol. The molecule has 0 saturated carbocycles. The summed E-state index contributed by atoms with van der Waals surface area (Å²) in [5.41, 5.74) is 5.95. The highest BCUT2D eigenvalue weighted by atomic mass is 15.1. The normalized spacial score (nSPS) is 12.8. The molecular weight excluding hydrogens is 304 g/mol. The summed E-state index contributed by atoms with van der Waals surface area (Å²) in [6.45, 7) is 4.46. The zero-order valence-electron chi connectivity index (χ0n) is 15.5. The van der Waals surface area contributed by atoms with E-state index in [4.69, 9.17) is 5.26 Å². The van der Waals surface area contributed by atoms with Gasteiger partial charge in [0.25, 0.3) is 0 Å². The predicted octanol–water partition coefficient (Wildman–Crippen LogP) is 5.78. The van der Waals surface area contributed by atoms with Crippen LogP contribution in [0.3, 0.4) is 0 Å². The molecule has 0 N–H and O–H groups in total. The van der Waals surface area contributed by atoms with Gasteiger partial charge >= 0.3 is 0 Å². The highest BCUT2D eigenvalue weighted by Gasteiger charge is 2.07. The Morgan fingerprint density at radius 3 is 2.08 bits per heavy atom. The summed E-state index contributed by atoms with van der Waals surface area (Å²) < 4.78 is 0. The van der Waals surface area contributed by atoms with Crippen molar-refractivity contribution in [2.75, 3.05) is 19.0 Å². The van der Waals surface area contributed by atoms with Crippen LogP contribution in [0.15, 0.2) is 66.8 Å². The number of hydrogen-bond acceptors (Lipinski definition) is 2. The van der Waals surface area contributed by atoms with Crippen LogP contribution < -0.4 is 4.90 Å². The van der Waals surface area contributed by atoms with Crippen LogP contribution in [-0.2, 0) is 0 Å². The maximum Gasteiger partial charge on any atom is 0.0912 e. The van der Waals surface area contributed by atoms with E-state index in [0.29, 0.717) is 5.92 Å². The lowest BCUT2D eigenvalue weighted by atomic mass is 9.93. The number of benzene rings is 2. The van der Waals surface area contributed by atoms with Crippen molar-refractivity contribution in [2.24, 2.45) is 0 Å². The van der Waals surface area contributed by atoms with E-state index in [1.807, 2.05) is 26.2 Å². The monoisotopic (exact) mass is 330 g/mol. The minimum atomic E-state index is 0.569. The van der Waals surface area contributed by atoms with Crippen LogP contribution >= 0.6 is 0 Å². The van der Waals surface area contributed by atoms with Crippen molar-refractivity contribution in [1.82, 2.24) is 0 Å². The Bertz CT molecular complexity index is 772. The summed E-state index contributed by atoms with van der Waals surface area (Å²) in [4.78, 5) is 2.09. The minimum Gasteiger partial charge on any atom is -0.378 e. The quantitative estimate of drug-likeness (QED) is 0.496. The zero-order chi connectivity index (χ0) is 18.2. The summed E-state index contributed by atoms with van der Waals surface area (Å²) in [6.07, 6.45) is 6.45. The smallest absolute Gasteiger partial charge is 0.0912 e. The summed E-state index contributed by atoms with van der Waals surface area (Å²) in [5, 5.41) is 8.77. The molecule has 2 aromatic rings. The zero-order valence-corrected chi connectivity index (χ0v) is 15.5. The second-order valence-electron chi connectivity index (χ2n) is 6.44. The highest BCUT2D eigenvalue weighted by molar-refractivity contribution is 5.81. The van der Waals surface area contributed by atoms with Gasteiger partial charge in [-0.25, -0.2) is 0 Å². The van der Waals surface area contributed by atoms with Crippen LogP contribution in [0.1, 0.15) is 42.9 Å². The molecule has 2 rings (SSSR count). The molecule has 0 bridgehead atoms. The van der Waals surface area contributed by atoms with E-state index in [1.165, 1.54) is 17.3 Å². The first-order valence-electron chi connectivity index (χ1n) is 8.71. The standard InChI is InChI=1S/C23H26N2/c1-5-18(2)19-9-11-20(12-10-19)23(8-6-7-17-24)21-13-15-22(16-14-21)25(3)4/h6-16,18H,5H2,1-4H3/b7-6+,23-8-. The molecule has 1 atom stereocenters. The van der Waals surface area contributed by atoms with Crippen molar-refractivity contribution >= 4 is 11.3 Å². The molecule has 0 spiro atoms. The molecule has 0 fully saturated rings. The summed E-state index contributed by atoms with van der Waals surface area (Å²) in [5.74, 6) is 0.569. The number of hydrogen-bond donors (Lipinski definition) is 0. The minimum absolute atomic E-state index is 0.569. The Hall–Kier alpha value is -2.79. The van der Waals surface area contributed by atoms with Gasteiger partial charge in [-0.1, -0.05) is 62.4 Å². The Balaban J connectivity index is 2.41. The fourth-order valence-corrected chi connectivity index (χ4v) is 2.71. The van der Waals surface area contributed by atoms with E-state index in [9.17, 15) is 0 Å². The fourth-order valence-electron chi connectivity index (χ4n) is 2.71. The SMILES string of the molecule is CCC(C)c1ccc(/C(=C/C=C/C#N)c2ccc(N(C)C)cc2)cc1. The second-order valence-corrected chi connectivity index (χ2v) is 6.44. The molecule has 0 aliphatic heterocycles. The van der Waals surface area contributed by atoms with Gasteiger partial charge in [0.1, 0.15) is 0 Å². The highest BCUT2D eigenvalue weighted by Crippen LogP contribution is 2.27. The molecule has 128 valence electrons. The Morgan fingerprint density at radius 2 is 1.60 bits per heavy atom. The molecule has 0 amide bonds. The largest absolute Gasteiger partial charge is 0.378 e.